The molecule has 0 aliphatic carbocycles. The standard InChI is InChI=1S/C14H15N3/c1-16-12-9-5-6-10-13(12)17(15)14(16)11-7-3-2-4-8-11/h2-10,14H,15H2,1H3. The van der Waals surface area contributed by atoms with Crippen molar-refractivity contribution in [2.45, 2.75) is 6.17 Å². The summed E-state index contributed by atoms with van der Waals surface area (Å²) in [7, 11) is 2.07. The van der Waals surface area contributed by atoms with Crippen LogP contribution in [0.2, 0.25) is 0 Å². The van der Waals surface area contributed by atoms with Crippen LogP contribution in [-0.2, 0) is 0 Å². The van der Waals surface area contributed by atoms with Gasteiger partial charge in [-0.25, -0.2) is 5.84 Å². The van der Waals surface area contributed by atoms with Crippen molar-refractivity contribution in [3.63, 3.8) is 0 Å². The maximum Gasteiger partial charge on any atom is 0.142 e. The minimum Gasteiger partial charge on any atom is -0.348 e. The summed E-state index contributed by atoms with van der Waals surface area (Å²) in [4.78, 5) is 2.20. The predicted molar refractivity (Wildman–Crippen MR) is 70.7 cm³/mol. The first-order chi connectivity index (χ1) is 8.29. The van der Waals surface area contributed by atoms with Crippen molar-refractivity contribution in [1.82, 2.24) is 0 Å². The predicted octanol–water partition coefficient (Wildman–Crippen LogP) is 2.52. The molecule has 0 fully saturated rings. The van der Waals surface area contributed by atoms with Crippen LogP contribution >= 0.6 is 0 Å². The maximum absolute atomic E-state index is 6.20. The molecule has 3 nitrogen and oxygen atoms in total. The van der Waals surface area contributed by atoms with Crippen molar-refractivity contribution >= 4 is 11.4 Å². The Morgan fingerprint density at radius 2 is 1.47 bits per heavy atom. The lowest BCUT2D eigenvalue weighted by molar-refractivity contribution is 0.663. The Hall–Kier alpha value is -2.00. The first-order valence-corrected chi connectivity index (χ1v) is 5.70. The van der Waals surface area contributed by atoms with Gasteiger partial charge in [0.15, 0.2) is 0 Å². The maximum atomic E-state index is 6.20. The molecule has 2 aromatic carbocycles. The number of para-hydroxylation sites is 2. The second-order valence-electron chi connectivity index (χ2n) is 4.29. The van der Waals surface area contributed by atoms with Crippen molar-refractivity contribution in [3.05, 3.63) is 60.2 Å². The van der Waals surface area contributed by atoms with Crippen molar-refractivity contribution in [2.24, 2.45) is 5.84 Å². The fourth-order valence-electron chi connectivity index (χ4n) is 2.44. The Balaban J connectivity index is 2.06. The van der Waals surface area contributed by atoms with Crippen molar-refractivity contribution in [2.75, 3.05) is 17.0 Å². The summed E-state index contributed by atoms with van der Waals surface area (Å²) < 4.78 is 0. The summed E-state index contributed by atoms with van der Waals surface area (Å²) in [5.74, 6) is 6.20. The van der Waals surface area contributed by atoms with E-state index < -0.39 is 0 Å². The molecule has 0 amide bonds. The first-order valence-electron chi connectivity index (χ1n) is 5.70. The quantitative estimate of drug-likeness (QED) is 0.757. The highest BCUT2D eigenvalue weighted by molar-refractivity contribution is 5.77. The van der Waals surface area contributed by atoms with Crippen LogP contribution in [-0.4, -0.2) is 7.05 Å². The van der Waals surface area contributed by atoms with Gasteiger partial charge in [0.1, 0.15) is 6.17 Å². The Morgan fingerprint density at radius 1 is 0.882 bits per heavy atom. The minimum absolute atomic E-state index is 0.0774. The van der Waals surface area contributed by atoms with Crippen molar-refractivity contribution < 1.29 is 0 Å². The fraction of sp³-hybridized carbons (Fsp3) is 0.143. The number of fused-ring (bicyclic) bond motifs is 1. The largest absolute Gasteiger partial charge is 0.348 e. The van der Waals surface area contributed by atoms with Gasteiger partial charge in [0.05, 0.1) is 11.4 Å². The Labute approximate surface area is 101 Å². The summed E-state index contributed by atoms with van der Waals surface area (Å²) in [6.07, 6.45) is 0.0774. The number of hydrogen-bond donors (Lipinski definition) is 1. The molecule has 0 bridgehead atoms. The average molecular weight is 225 g/mol. The molecule has 1 aliphatic heterocycles. The summed E-state index contributed by atoms with van der Waals surface area (Å²) in [5.41, 5.74) is 3.45. The zero-order valence-electron chi connectivity index (χ0n) is 9.75. The highest BCUT2D eigenvalue weighted by Gasteiger charge is 2.32. The minimum atomic E-state index is 0.0774. The fourth-order valence-corrected chi connectivity index (χ4v) is 2.44. The molecule has 0 spiro atoms. The van der Waals surface area contributed by atoms with Gasteiger partial charge in [0, 0.05) is 7.05 Å². The molecule has 3 rings (SSSR count). The van der Waals surface area contributed by atoms with Crippen LogP contribution in [0.25, 0.3) is 0 Å². The number of nitrogens with two attached hydrogens (primary N) is 1. The van der Waals surface area contributed by atoms with Gasteiger partial charge in [-0.2, -0.15) is 0 Å². The van der Waals surface area contributed by atoms with E-state index in [0.717, 1.165) is 5.69 Å². The lowest BCUT2D eigenvalue weighted by Crippen LogP contribution is -2.38. The summed E-state index contributed by atoms with van der Waals surface area (Å²) >= 11 is 0. The van der Waals surface area contributed by atoms with Gasteiger partial charge >= 0.3 is 0 Å². The summed E-state index contributed by atoms with van der Waals surface area (Å²) in [6.45, 7) is 0. The van der Waals surface area contributed by atoms with Gasteiger partial charge in [-0.15, -0.1) is 0 Å². The van der Waals surface area contributed by atoms with Crippen LogP contribution in [0, 0.1) is 0 Å². The third-order valence-electron chi connectivity index (χ3n) is 3.27. The van der Waals surface area contributed by atoms with Gasteiger partial charge in [-0.05, 0) is 17.7 Å². The monoisotopic (exact) mass is 225 g/mol. The Kier molecular flexibility index (Phi) is 2.27. The highest BCUT2D eigenvalue weighted by atomic mass is 15.5. The molecule has 2 N–H and O–H groups in total. The molecule has 86 valence electrons. The molecule has 0 radical (unpaired) electrons. The second-order valence-corrected chi connectivity index (χ2v) is 4.29. The van der Waals surface area contributed by atoms with E-state index in [4.69, 9.17) is 5.84 Å². The van der Waals surface area contributed by atoms with Crippen LogP contribution < -0.4 is 15.8 Å². The Bertz CT molecular complexity index is 495. The number of benzene rings is 2. The van der Waals surface area contributed by atoms with Crippen LogP contribution in [0.3, 0.4) is 0 Å². The molecule has 17 heavy (non-hydrogen) atoms. The van der Waals surface area contributed by atoms with Gasteiger partial charge in [-0.1, -0.05) is 42.5 Å². The summed E-state index contributed by atoms with van der Waals surface area (Å²) in [5, 5.41) is 1.82. The zero-order chi connectivity index (χ0) is 11.8. The van der Waals surface area contributed by atoms with Gasteiger partial charge in [0.2, 0.25) is 0 Å². The molecule has 1 aliphatic rings. The van der Waals surface area contributed by atoms with E-state index in [0.29, 0.717) is 0 Å². The smallest absolute Gasteiger partial charge is 0.142 e. The zero-order valence-corrected chi connectivity index (χ0v) is 9.75. The Morgan fingerprint density at radius 3 is 2.12 bits per heavy atom. The molecule has 2 aromatic rings. The van der Waals surface area contributed by atoms with E-state index >= 15 is 0 Å². The van der Waals surface area contributed by atoms with E-state index in [1.165, 1.54) is 11.3 Å². The van der Waals surface area contributed by atoms with Crippen molar-refractivity contribution in [3.8, 4) is 0 Å². The topological polar surface area (TPSA) is 32.5 Å². The van der Waals surface area contributed by atoms with Gasteiger partial charge in [-0.3, -0.25) is 5.01 Å². The highest BCUT2D eigenvalue weighted by Crippen LogP contribution is 2.42. The molecular weight excluding hydrogens is 210 g/mol. The number of anilines is 2. The molecule has 0 aromatic heterocycles. The van der Waals surface area contributed by atoms with Crippen LogP contribution in [0.1, 0.15) is 11.7 Å². The van der Waals surface area contributed by atoms with Gasteiger partial charge in [0.25, 0.3) is 0 Å². The normalized spacial score (nSPS) is 18.4. The SMILES string of the molecule is CN1c2ccccc2N(N)C1c1ccccc1. The van der Waals surface area contributed by atoms with Crippen LogP contribution in [0.15, 0.2) is 54.6 Å². The molecular formula is C14H15N3. The van der Waals surface area contributed by atoms with E-state index in [-0.39, 0.29) is 6.17 Å². The average Bonchev–Trinajstić information content (AvgIpc) is 2.64. The van der Waals surface area contributed by atoms with E-state index in [1.807, 2.05) is 35.3 Å². The second kappa shape index (κ2) is 3.79. The lowest BCUT2D eigenvalue weighted by Gasteiger charge is -2.27. The van der Waals surface area contributed by atoms with Crippen LogP contribution in [0.4, 0.5) is 11.4 Å². The van der Waals surface area contributed by atoms with E-state index in [2.05, 4.69) is 36.2 Å². The lowest BCUT2D eigenvalue weighted by atomic mass is 10.1. The van der Waals surface area contributed by atoms with E-state index in [9.17, 15) is 0 Å². The third kappa shape index (κ3) is 1.47. The van der Waals surface area contributed by atoms with E-state index in [1.54, 1.807) is 0 Å². The molecule has 3 heteroatoms. The third-order valence-corrected chi connectivity index (χ3v) is 3.27. The van der Waals surface area contributed by atoms with Crippen LogP contribution in [0.5, 0.6) is 0 Å². The number of hydrazine groups is 1. The molecule has 1 unspecified atom stereocenters. The first kappa shape index (κ1) is 10.2. The van der Waals surface area contributed by atoms with Crippen molar-refractivity contribution in [1.29, 1.82) is 0 Å². The molecule has 0 saturated carbocycles. The number of hydrogen-bond acceptors (Lipinski definition) is 3. The molecule has 0 saturated heterocycles. The number of nitrogens with zero attached hydrogens (tertiary/aromatic N) is 2. The summed E-state index contributed by atoms with van der Waals surface area (Å²) in [6, 6.07) is 18.5. The molecule has 1 atom stereocenters. The van der Waals surface area contributed by atoms with Gasteiger partial charge < -0.3 is 4.90 Å². The number of rotatable bonds is 1. The molecule has 1 heterocycles.